The van der Waals surface area contributed by atoms with Gasteiger partial charge in [-0.05, 0) is 67.1 Å². The first-order valence-electron chi connectivity index (χ1n) is 9.33. The fourth-order valence-electron chi connectivity index (χ4n) is 3.44. The number of rotatable bonds is 4. The molecule has 0 bridgehead atoms. The van der Waals surface area contributed by atoms with Crippen LogP contribution in [0, 0.1) is 17.2 Å². The molecule has 4 rings (SSSR count). The monoisotopic (exact) mass is 388 g/mol. The minimum Gasteiger partial charge on any atom is -0.457 e. The number of nitriles is 1. The zero-order valence-electron chi connectivity index (χ0n) is 15.6. The highest BCUT2D eigenvalue weighted by atomic mass is 32.1. The summed E-state index contributed by atoms with van der Waals surface area (Å²) in [6.45, 7) is 2.21. The zero-order valence-corrected chi connectivity index (χ0v) is 16.4. The molecule has 1 N–H and O–H groups in total. The number of benzene rings is 2. The first kappa shape index (κ1) is 18.3. The van der Waals surface area contributed by atoms with Crippen LogP contribution < -0.4 is 10.1 Å². The summed E-state index contributed by atoms with van der Waals surface area (Å²) in [5, 5.41) is 13.2. The molecule has 0 unspecified atom stereocenters. The van der Waals surface area contributed by atoms with E-state index in [0.29, 0.717) is 27.8 Å². The molecule has 1 aliphatic rings. The largest absolute Gasteiger partial charge is 0.457 e. The molecule has 1 amide bonds. The molecule has 5 heteroatoms. The fourth-order valence-corrected chi connectivity index (χ4v) is 4.63. The summed E-state index contributed by atoms with van der Waals surface area (Å²) in [6.07, 6.45) is 3.03. The number of para-hydroxylation sites is 1. The highest BCUT2D eigenvalue weighted by molar-refractivity contribution is 7.16. The van der Waals surface area contributed by atoms with Crippen molar-refractivity contribution in [1.82, 2.24) is 0 Å². The number of hydrogen-bond acceptors (Lipinski definition) is 4. The third-order valence-electron chi connectivity index (χ3n) is 4.94. The summed E-state index contributed by atoms with van der Waals surface area (Å²) in [5.41, 5.74) is 2.28. The van der Waals surface area contributed by atoms with E-state index < -0.39 is 0 Å². The molecule has 0 radical (unpaired) electrons. The molecule has 4 nitrogen and oxygen atoms in total. The number of carbonyl (C=O) groups is 1. The summed E-state index contributed by atoms with van der Waals surface area (Å²) in [4.78, 5) is 13.9. The Morgan fingerprint density at radius 1 is 1.14 bits per heavy atom. The third kappa shape index (κ3) is 3.78. The quantitative estimate of drug-likeness (QED) is 0.615. The molecule has 0 saturated heterocycles. The van der Waals surface area contributed by atoms with Crippen molar-refractivity contribution in [1.29, 1.82) is 5.26 Å². The summed E-state index contributed by atoms with van der Waals surface area (Å²) < 4.78 is 5.76. The highest BCUT2D eigenvalue weighted by Crippen LogP contribution is 2.39. The molecular formula is C23H20N2O2S. The Balaban J connectivity index is 1.49. The van der Waals surface area contributed by atoms with Gasteiger partial charge in [0.25, 0.3) is 5.91 Å². The lowest BCUT2D eigenvalue weighted by atomic mass is 9.88. The van der Waals surface area contributed by atoms with Crippen LogP contribution in [0.1, 0.15) is 39.7 Å². The van der Waals surface area contributed by atoms with E-state index in [4.69, 9.17) is 4.74 Å². The van der Waals surface area contributed by atoms with Crippen LogP contribution in [0.15, 0.2) is 54.6 Å². The van der Waals surface area contributed by atoms with Crippen LogP contribution in [0.3, 0.4) is 0 Å². The molecule has 1 heterocycles. The molecule has 0 saturated carbocycles. The minimum absolute atomic E-state index is 0.214. The smallest absolute Gasteiger partial charge is 0.256 e. The van der Waals surface area contributed by atoms with E-state index >= 15 is 0 Å². The molecule has 0 aliphatic heterocycles. The Morgan fingerprint density at radius 3 is 2.57 bits per heavy atom. The Morgan fingerprint density at radius 2 is 1.86 bits per heavy atom. The van der Waals surface area contributed by atoms with Crippen molar-refractivity contribution in [3.8, 4) is 17.6 Å². The Kier molecular flexibility index (Phi) is 5.14. The van der Waals surface area contributed by atoms with E-state index in [1.807, 2.05) is 30.3 Å². The van der Waals surface area contributed by atoms with Crippen molar-refractivity contribution >= 4 is 22.2 Å². The molecular weight excluding hydrogens is 368 g/mol. The van der Waals surface area contributed by atoms with Crippen molar-refractivity contribution in [3.63, 3.8) is 0 Å². The lowest BCUT2D eigenvalue weighted by Crippen LogP contribution is -2.12. The molecule has 1 aliphatic carbocycles. The number of carbonyl (C=O) groups excluding carboxylic acids is 1. The van der Waals surface area contributed by atoms with Gasteiger partial charge in [0.15, 0.2) is 0 Å². The van der Waals surface area contributed by atoms with Gasteiger partial charge in [0.1, 0.15) is 22.6 Å². The second-order valence-electron chi connectivity index (χ2n) is 7.06. The maximum absolute atomic E-state index is 12.7. The summed E-state index contributed by atoms with van der Waals surface area (Å²) in [6, 6.07) is 18.8. The zero-order chi connectivity index (χ0) is 19.5. The van der Waals surface area contributed by atoms with Gasteiger partial charge in [0.2, 0.25) is 0 Å². The van der Waals surface area contributed by atoms with E-state index in [1.165, 1.54) is 16.2 Å². The minimum atomic E-state index is -0.214. The van der Waals surface area contributed by atoms with Crippen LogP contribution >= 0.6 is 11.3 Å². The standard InChI is InChI=1S/C23H20N2O2S/c1-15-7-12-21-19(13-15)20(14-24)23(28-21)25-22(26)16-8-10-18(11-9-16)27-17-5-3-2-4-6-17/h2-6,8-11,15H,7,12-13H2,1H3,(H,25,26)/t15-/m1/s1. The van der Waals surface area contributed by atoms with Crippen LogP contribution in [0.5, 0.6) is 11.5 Å². The van der Waals surface area contributed by atoms with Gasteiger partial charge in [-0.2, -0.15) is 5.26 Å². The van der Waals surface area contributed by atoms with E-state index in [0.717, 1.165) is 30.6 Å². The number of aryl methyl sites for hydroxylation is 1. The van der Waals surface area contributed by atoms with Crippen molar-refractivity contribution < 1.29 is 9.53 Å². The lowest BCUT2D eigenvalue weighted by molar-refractivity contribution is 0.102. The molecule has 0 fully saturated rings. The average Bonchev–Trinajstić information content (AvgIpc) is 3.05. The van der Waals surface area contributed by atoms with Crippen molar-refractivity contribution in [2.45, 2.75) is 26.2 Å². The van der Waals surface area contributed by atoms with Gasteiger partial charge in [0.05, 0.1) is 5.56 Å². The Labute approximate surface area is 168 Å². The first-order valence-corrected chi connectivity index (χ1v) is 10.1. The van der Waals surface area contributed by atoms with Crippen LogP contribution in [0.2, 0.25) is 0 Å². The van der Waals surface area contributed by atoms with E-state index in [1.54, 1.807) is 24.3 Å². The van der Waals surface area contributed by atoms with E-state index in [2.05, 4.69) is 18.3 Å². The van der Waals surface area contributed by atoms with Gasteiger partial charge < -0.3 is 10.1 Å². The number of amides is 1. The molecule has 1 atom stereocenters. The number of ether oxygens (including phenoxy) is 1. The van der Waals surface area contributed by atoms with E-state index in [-0.39, 0.29) is 5.91 Å². The summed E-state index contributed by atoms with van der Waals surface area (Å²) >= 11 is 1.54. The predicted molar refractivity (Wildman–Crippen MR) is 111 cm³/mol. The SMILES string of the molecule is C[C@@H]1CCc2sc(NC(=O)c3ccc(Oc4ccccc4)cc3)c(C#N)c2C1. The van der Waals surface area contributed by atoms with Crippen LogP contribution in [-0.2, 0) is 12.8 Å². The molecule has 3 aromatic rings. The van der Waals surface area contributed by atoms with Crippen molar-refractivity contribution in [2.24, 2.45) is 5.92 Å². The molecule has 28 heavy (non-hydrogen) atoms. The van der Waals surface area contributed by atoms with Crippen LogP contribution in [-0.4, -0.2) is 5.91 Å². The third-order valence-corrected chi connectivity index (χ3v) is 6.15. The van der Waals surface area contributed by atoms with Gasteiger partial charge in [0, 0.05) is 10.4 Å². The topological polar surface area (TPSA) is 62.1 Å². The van der Waals surface area contributed by atoms with Gasteiger partial charge in [-0.1, -0.05) is 25.1 Å². The number of fused-ring (bicyclic) bond motifs is 1. The summed E-state index contributed by atoms with van der Waals surface area (Å²) in [7, 11) is 0. The van der Waals surface area contributed by atoms with Gasteiger partial charge in [-0.3, -0.25) is 4.79 Å². The van der Waals surface area contributed by atoms with Crippen LogP contribution in [0.4, 0.5) is 5.00 Å². The lowest BCUT2D eigenvalue weighted by Gasteiger charge is -2.17. The van der Waals surface area contributed by atoms with Gasteiger partial charge in [-0.25, -0.2) is 0 Å². The predicted octanol–water partition coefficient (Wildman–Crippen LogP) is 5.79. The molecule has 1 aromatic heterocycles. The van der Waals surface area contributed by atoms with Crippen molar-refractivity contribution in [3.05, 3.63) is 76.2 Å². The van der Waals surface area contributed by atoms with Crippen molar-refractivity contribution in [2.75, 3.05) is 5.32 Å². The maximum atomic E-state index is 12.7. The average molecular weight is 388 g/mol. The Hall–Kier alpha value is -3.10. The molecule has 140 valence electrons. The maximum Gasteiger partial charge on any atom is 0.256 e. The summed E-state index contributed by atoms with van der Waals surface area (Å²) in [5.74, 6) is 1.78. The van der Waals surface area contributed by atoms with E-state index in [9.17, 15) is 10.1 Å². The second kappa shape index (κ2) is 7.87. The molecule has 2 aromatic carbocycles. The normalized spacial score (nSPS) is 15.4. The Bertz CT molecular complexity index is 1030. The molecule has 0 spiro atoms. The first-order chi connectivity index (χ1) is 13.6. The number of anilines is 1. The number of nitrogens with one attached hydrogen (secondary N) is 1. The van der Waals surface area contributed by atoms with Gasteiger partial charge in [-0.15, -0.1) is 11.3 Å². The van der Waals surface area contributed by atoms with Crippen LogP contribution in [0.25, 0.3) is 0 Å². The number of hydrogen-bond donors (Lipinski definition) is 1. The fraction of sp³-hybridized carbons (Fsp3) is 0.217. The van der Waals surface area contributed by atoms with Gasteiger partial charge >= 0.3 is 0 Å². The highest BCUT2D eigenvalue weighted by Gasteiger charge is 2.25. The second-order valence-corrected chi connectivity index (χ2v) is 8.17. The number of thiophene rings is 1. The number of nitrogens with zero attached hydrogens (tertiary/aromatic N) is 1.